The minimum atomic E-state index is -0.568. The van der Waals surface area contributed by atoms with E-state index in [1.54, 1.807) is 26.0 Å². The van der Waals surface area contributed by atoms with Crippen LogP contribution in [-0.4, -0.2) is 31.9 Å². The van der Waals surface area contributed by atoms with E-state index in [0.717, 1.165) is 46.1 Å². The van der Waals surface area contributed by atoms with Crippen LogP contribution in [0.2, 0.25) is 0 Å². The summed E-state index contributed by atoms with van der Waals surface area (Å²) in [5.41, 5.74) is 4.48. The number of benzene rings is 4. The zero-order valence-corrected chi connectivity index (χ0v) is 25.8. The molecule has 0 unspecified atom stereocenters. The highest BCUT2D eigenvalue weighted by molar-refractivity contribution is 7.99. The number of nitrogens with one attached hydrogen (secondary N) is 1. The Labute approximate surface area is 266 Å². The fourth-order valence-corrected chi connectivity index (χ4v) is 6.75. The molecule has 5 aromatic rings. The Morgan fingerprint density at radius 1 is 0.800 bits per heavy atom. The number of nitrogens with zero attached hydrogens (tertiary/aromatic N) is 1. The fraction of sp³-hybridized carbons (Fsp3) is 0.189. The number of methoxy groups -OCH3 is 2. The van der Waals surface area contributed by atoms with Crippen molar-refractivity contribution in [3.05, 3.63) is 126 Å². The number of aromatic nitrogens is 1. The zero-order chi connectivity index (χ0) is 30.8. The van der Waals surface area contributed by atoms with Crippen molar-refractivity contribution in [2.45, 2.75) is 28.4 Å². The summed E-state index contributed by atoms with van der Waals surface area (Å²) in [6, 6.07) is 36.3. The van der Waals surface area contributed by atoms with E-state index >= 15 is 0 Å². The van der Waals surface area contributed by atoms with E-state index in [1.165, 1.54) is 11.1 Å². The van der Waals surface area contributed by atoms with Crippen LogP contribution in [0.3, 0.4) is 0 Å². The van der Waals surface area contributed by atoms with E-state index in [0.29, 0.717) is 17.3 Å². The van der Waals surface area contributed by atoms with Crippen molar-refractivity contribution >= 4 is 23.5 Å². The Bertz CT molecular complexity index is 1770. The van der Waals surface area contributed by atoms with Gasteiger partial charge in [0.2, 0.25) is 12.7 Å². The van der Waals surface area contributed by atoms with Crippen molar-refractivity contribution < 1.29 is 23.7 Å². The SMILES string of the molecule is COc1ccc(C(Sc2ccc(-c3cccc(NC(=O)C4(c5ccc6c(c5)OCO6)CC4)n3)cc2)c2ccc(OC)cc2)cc1. The fourth-order valence-electron chi connectivity index (χ4n) is 5.59. The summed E-state index contributed by atoms with van der Waals surface area (Å²) in [4.78, 5) is 19.4. The third-order valence-electron chi connectivity index (χ3n) is 8.34. The van der Waals surface area contributed by atoms with Gasteiger partial charge in [0.05, 0.1) is 30.6 Å². The minimum Gasteiger partial charge on any atom is -0.497 e. The Balaban J connectivity index is 1.08. The van der Waals surface area contributed by atoms with Crippen LogP contribution >= 0.6 is 11.8 Å². The van der Waals surface area contributed by atoms with Crippen molar-refractivity contribution in [3.63, 3.8) is 0 Å². The molecule has 0 atom stereocenters. The molecule has 1 aliphatic carbocycles. The van der Waals surface area contributed by atoms with Crippen LogP contribution in [0.25, 0.3) is 11.3 Å². The van der Waals surface area contributed by atoms with Gasteiger partial charge in [0, 0.05) is 10.5 Å². The van der Waals surface area contributed by atoms with Gasteiger partial charge < -0.3 is 24.3 Å². The quantitative estimate of drug-likeness (QED) is 0.159. The van der Waals surface area contributed by atoms with Gasteiger partial charge in [-0.05, 0) is 90.2 Å². The highest BCUT2D eigenvalue weighted by Crippen LogP contribution is 2.51. The average molecular weight is 617 g/mol. The molecule has 8 heteroatoms. The first-order valence-corrected chi connectivity index (χ1v) is 15.7. The van der Waals surface area contributed by atoms with Crippen LogP contribution in [-0.2, 0) is 10.2 Å². The number of rotatable bonds is 10. The molecule has 0 bridgehead atoms. The molecule has 4 aromatic carbocycles. The molecule has 1 saturated carbocycles. The maximum Gasteiger partial charge on any atom is 0.236 e. The van der Waals surface area contributed by atoms with Gasteiger partial charge in [0.15, 0.2) is 11.5 Å². The lowest BCUT2D eigenvalue weighted by molar-refractivity contribution is -0.118. The molecule has 0 saturated heterocycles. The molecule has 1 aromatic heterocycles. The lowest BCUT2D eigenvalue weighted by Gasteiger charge is -2.19. The maximum absolute atomic E-state index is 13.5. The third kappa shape index (κ3) is 5.93. The molecule has 1 amide bonds. The minimum absolute atomic E-state index is 0.0548. The summed E-state index contributed by atoms with van der Waals surface area (Å²) >= 11 is 1.78. The first-order chi connectivity index (χ1) is 22.0. The van der Waals surface area contributed by atoms with Crippen LogP contribution in [0.4, 0.5) is 5.82 Å². The molecular formula is C37H32N2O5S. The Morgan fingerprint density at radius 3 is 2.07 bits per heavy atom. The highest BCUT2D eigenvalue weighted by Gasteiger charge is 2.51. The summed E-state index contributed by atoms with van der Waals surface area (Å²) in [6.45, 7) is 0.209. The molecule has 2 aliphatic rings. The largest absolute Gasteiger partial charge is 0.497 e. The predicted molar refractivity (Wildman–Crippen MR) is 175 cm³/mol. The molecule has 0 spiro atoms. The maximum atomic E-state index is 13.5. The van der Waals surface area contributed by atoms with E-state index in [-0.39, 0.29) is 18.0 Å². The number of hydrogen-bond donors (Lipinski definition) is 1. The lowest BCUT2D eigenvalue weighted by atomic mass is 9.94. The lowest BCUT2D eigenvalue weighted by Crippen LogP contribution is -2.28. The molecule has 226 valence electrons. The van der Waals surface area contributed by atoms with Gasteiger partial charge in [-0.3, -0.25) is 4.79 Å². The summed E-state index contributed by atoms with van der Waals surface area (Å²) in [5.74, 6) is 3.53. The Morgan fingerprint density at radius 2 is 1.44 bits per heavy atom. The molecule has 2 heterocycles. The van der Waals surface area contributed by atoms with Gasteiger partial charge in [-0.1, -0.05) is 48.5 Å². The molecule has 1 aliphatic heterocycles. The van der Waals surface area contributed by atoms with Crippen LogP contribution in [0.15, 0.2) is 114 Å². The van der Waals surface area contributed by atoms with Crippen molar-refractivity contribution in [1.82, 2.24) is 4.98 Å². The Hall–Kier alpha value is -4.95. The van der Waals surface area contributed by atoms with Crippen LogP contribution in [0, 0.1) is 0 Å². The normalized spacial score (nSPS) is 14.2. The van der Waals surface area contributed by atoms with E-state index in [1.807, 2.05) is 60.7 Å². The number of pyridine rings is 1. The average Bonchev–Trinajstić information content (AvgIpc) is 3.78. The number of carbonyl (C=O) groups excluding carboxylic acids is 1. The molecular weight excluding hydrogens is 584 g/mol. The van der Waals surface area contributed by atoms with Gasteiger partial charge in [0.1, 0.15) is 17.3 Å². The molecule has 1 N–H and O–H groups in total. The van der Waals surface area contributed by atoms with Gasteiger partial charge in [-0.25, -0.2) is 4.98 Å². The molecule has 1 fully saturated rings. The van der Waals surface area contributed by atoms with E-state index in [4.69, 9.17) is 23.9 Å². The van der Waals surface area contributed by atoms with Crippen LogP contribution in [0.1, 0.15) is 34.8 Å². The summed E-state index contributed by atoms with van der Waals surface area (Å²) < 4.78 is 21.7. The summed E-state index contributed by atoms with van der Waals surface area (Å²) in [5, 5.41) is 3.14. The van der Waals surface area contributed by atoms with Crippen LogP contribution in [0.5, 0.6) is 23.0 Å². The number of thioether (sulfide) groups is 1. The summed E-state index contributed by atoms with van der Waals surface area (Å²) in [7, 11) is 3.35. The second kappa shape index (κ2) is 12.2. The monoisotopic (exact) mass is 616 g/mol. The first-order valence-electron chi connectivity index (χ1n) is 14.8. The smallest absolute Gasteiger partial charge is 0.236 e. The summed E-state index contributed by atoms with van der Waals surface area (Å²) in [6.07, 6.45) is 1.57. The van der Waals surface area contributed by atoms with Crippen molar-refractivity contribution in [2.24, 2.45) is 0 Å². The number of ether oxygens (including phenoxy) is 4. The molecule has 45 heavy (non-hydrogen) atoms. The topological polar surface area (TPSA) is 78.9 Å². The second-order valence-electron chi connectivity index (χ2n) is 11.1. The van der Waals surface area contributed by atoms with Crippen molar-refractivity contribution in [2.75, 3.05) is 26.3 Å². The number of hydrogen-bond acceptors (Lipinski definition) is 7. The van der Waals surface area contributed by atoms with Gasteiger partial charge in [0.25, 0.3) is 0 Å². The zero-order valence-electron chi connectivity index (χ0n) is 25.0. The van der Waals surface area contributed by atoms with Gasteiger partial charge in [-0.15, -0.1) is 11.8 Å². The highest BCUT2D eigenvalue weighted by atomic mass is 32.2. The van der Waals surface area contributed by atoms with Gasteiger partial charge >= 0.3 is 0 Å². The number of amides is 1. The van der Waals surface area contributed by atoms with E-state index < -0.39 is 5.41 Å². The van der Waals surface area contributed by atoms with Gasteiger partial charge in [-0.2, -0.15) is 0 Å². The van der Waals surface area contributed by atoms with E-state index in [2.05, 4.69) is 53.8 Å². The molecule has 7 nitrogen and oxygen atoms in total. The molecule has 7 rings (SSSR count). The first kappa shape index (κ1) is 28.8. The number of anilines is 1. The van der Waals surface area contributed by atoms with Crippen LogP contribution < -0.4 is 24.3 Å². The third-order valence-corrected chi connectivity index (χ3v) is 9.67. The second-order valence-corrected chi connectivity index (χ2v) is 12.3. The van der Waals surface area contributed by atoms with Crippen molar-refractivity contribution in [1.29, 1.82) is 0 Å². The number of fused-ring (bicyclic) bond motifs is 1. The standard InChI is InChI=1S/C37H32N2O5S/c1-41-28-13-6-25(7-14-28)35(26-8-15-29(42-2)16-9-26)45-30-17-10-24(11-18-30)31-4-3-5-34(38-31)39-36(40)37(20-21-37)27-12-19-32-33(22-27)44-23-43-32/h3-19,22,35H,20-21,23H2,1-2H3,(H,38,39,40). The van der Waals surface area contributed by atoms with Crippen molar-refractivity contribution in [3.8, 4) is 34.3 Å². The Kier molecular flexibility index (Phi) is 7.81. The number of carbonyl (C=O) groups is 1. The van der Waals surface area contributed by atoms with E-state index in [9.17, 15) is 4.79 Å². The predicted octanol–water partition coefficient (Wildman–Crippen LogP) is 8.05. The molecule has 0 radical (unpaired) electrons.